The number of rotatable bonds is 5. The van der Waals surface area contributed by atoms with Crippen molar-refractivity contribution in [3.8, 4) is 0 Å². The Balaban J connectivity index is 1.30. The van der Waals surface area contributed by atoms with Gasteiger partial charge in [-0.15, -0.1) is 4.40 Å². The van der Waals surface area contributed by atoms with Gasteiger partial charge in [-0.3, -0.25) is 4.79 Å². The first kappa shape index (κ1) is 19.8. The fourth-order valence-electron chi connectivity index (χ4n) is 3.52. The van der Waals surface area contributed by atoms with Crippen LogP contribution in [0.3, 0.4) is 0 Å². The smallest absolute Gasteiger partial charge is 0.257 e. The molecule has 2 aliphatic heterocycles. The molecule has 1 aromatic heterocycles. The summed E-state index contributed by atoms with van der Waals surface area (Å²) in [5.41, 5.74) is 3.45. The molecule has 0 saturated heterocycles. The lowest BCUT2D eigenvalue weighted by Gasteiger charge is -2.22. The number of nitrogens with one attached hydrogen (secondary N) is 1. The van der Waals surface area contributed by atoms with Gasteiger partial charge in [0.1, 0.15) is 12.7 Å². The second kappa shape index (κ2) is 7.82. The van der Waals surface area contributed by atoms with Crippen molar-refractivity contribution in [3.63, 3.8) is 0 Å². The minimum Gasteiger partial charge on any atom is -0.348 e. The number of sulfonamides is 1. The van der Waals surface area contributed by atoms with E-state index in [2.05, 4.69) is 19.8 Å². The van der Waals surface area contributed by atoms with E-state index in [0.717, 1.165) is 21.7 Å². The van der Waals surface area contributed by atoms with Crippen LogP contribution in [0.5, 0.6) is 0 Å². The van der Waals surface area contributed by atoms with E-state index in [1.54, 1.807) is 23.1 Å². The average molecular weight is 455 g/mol. The first-order valence-electron chi connectivity index (χ1n) is 9.58. The maximum atomic E-state index is 12.8. The van der Waals surface area contributed by atoms with Gasteiger partial charge >= 0.3 is 0 Å². The van der Waals surface area contributed by atoms with Gasteiger partial charge < -0.3 is 10.2 Å². The molecule has 0 fully saturated rings. The maximum Gasteiger partial charge on any atom is 0.257 e. The highest BCUT2D eigenvalue weighted by Crippen LogP contribution is 2.42. The number of thioether (sulfide) groups is 1. The molecule has 0 aliphatic carbocycles. The Bertz CT molecular complexity index is 1290. The average Bonchev–Trinajstić information content (AvgIpc) is 3.38. The number of hydrogen-bond donors (Lipinski definition) is 1. The van der Waals surface area contributed by atoms with Crippen molar-refractivity contribution >= 4 is 38.5 Å². The lowest BCUT2D eigenvalue weighted by molar-refractivity contribution is 0.0950. The first-order valence-corrected chi connectivity index (χ1v) is 12.0. The van der Waals surface area contributed by atoms with Crippen LogP contribution in [0, 0.1) is 0 Å². The second-order valence-electron chi connectivity index (χ2n) is 7.14. The topological polar surface area (TPSA) is 110 Å². The van der Waals surface area contributed by atoms with E-state index in [4.69, 9.17) is 0 Å². The largest absolute Gasteiger partial charge is 0.348 e. The molecule has 31 heavy (non-hydrogen) atoms. The third-order valence-corrected chi connectivity index (χ3v) is 7.40. The van der Waals surface area contributed by atoms with Crippen molar-refractivity contribution in [2.75, 3.05) is 17.2 Å². The van der Waals surface area contributed by atoms with Gasteiger partial charge in [-0.1, -0.05) is 24.3 Å². The van der Waals surface area contributed by atoms with E-state index >= 15 is 0 Å². The summed E-state index contributed by atoms with van der Waals surface area (Å²) >= 11 is 1.27. The molecule has 0 radical (unpaired) electrons. The van der Waals surface area contributed by atoms with Crippen molar-refractivity contribution < 1.29 is 13.2 Å². The summed E-state index contributed by atoms with van der Waals surface area (Å²) in [5, 5.41) is 7.55. The molecule has 0 spiro atoms. The number of anilines is 1. The normalized spacial score (nSPS) is 16.4. The Morgan fingerprint density at radius 2 is 2.00 bits per heavy atom. The highest BCUT2D eigenvalue weighted by atomic mass is 32.2. The summed E-state index contributed by atoms with van der Waals surface area (Å²) in [7, 11) is -3.41. The molecule has 11 heteroatoms. The molecule has 2 aliphatic rings. The van der Waals surface area contributed by atoms with Gasteiger partial charge in [0.2, 0.25) is 0 Å². The van der Waals surface area contributed by atoms with Gasteiger partial charge in [-0.2, -0.15) is 5.10 Å². The quantitative estimate of drug-likeness (QED) is 0.627. The molecule has 1 N–H and O–H groups in total. The standard InChI is InChI=1S/C20H18N6O3S2/c27-19(22-10-15-3-1-2-4-16(15)11-25-13-21-12-23-25)14-5-6-17-18(9-14)30-20-24-31(28,29)8-7-26(17)20/h1-6,9,12-13H,7-8,10-11H2,(H,22,27). The van der Waals surface area contributed by atoms with Crippen LogP contribution in [0.2, 0.25) is 0 Å². The van der Waals surface area contributed by atoms with Gasteiger partial charge in [0.15, 0.2) is 5.17 Å². The molecule has 158 valence electrons. The van der Waals surface area contributed by atoms with Crippen LogP contribution >= 0.6 is 11.8 Å². The van der Waals surface area contributed by atoms with Crippen LogP contribution in [0.15, 0.2) is 64.4 Å². The third kappa shape index (κ3) is 4.06. The fraction of sp³-hybridized carbons (Fsp3) is 0.200. The van der Waals surface area contributed by atoms with Crippen molar-refractivity contribution in [1.82, 2.24) is 20.1 Å². The molecule has 1 amide bonds. The zero-order chi connectivity index (χ0) is 21.4. The van der Waals surface area contributed by atoms with Crippen LogP contribution in [0.1, 0.15) is 21.5 Å². The number of carbonyl (C=O) groups is 1. The summed E-state index contributed by atoms with van der Waals surface area (Å²) in [6.07, 6.45) is 3.14. The number of fused-ring (bicyclic) bond motifs is 3. The highest BCUT2D eigenvalue weighted by molar-refractivity contribution is 8.15. The van der Waals surface area contributed by atoms with Gasteiger partial charge in [0.25, 0.3) is 15.9 Å². The number of carbonyl (C=O) groups excluding carboxylic acids is 1. The predicted octanol–water partition coefficient (Wildman–Crippen LogP) is 1.87. The number of nitrogens with zero attached hydrogens (tertiary/aromatic N) is 5. The van der Waals surface area contributed by atoms with Crippen molar-refractivity contribution in [2.45, 2.75) is 18.0 Å². The lowest BCUT2D eigenvalue weighted by atomic mass is 10.1. The molecule has 3 heterocycles. The first-order chi connectivity index (χ1) is 15.0. The number of aromatic nitrogens is 3. The van der Waals surface area contributed by atoms with Crippen LogP contribution in [-0.4, -0.2) is 46.6 Å². The van der Waals surface area contributed by atoms with E-state index in [-0.39, 0.29) is 11.7 Å². The van der Waals surface area contributed by atoms with E-state index < -0.39 is 10.0 Å². The van der Waals surface area contributed by atoms with Gasteiger partial charge in [-0.25, -0.2) is 18.1 Å². The van der Waals surface area contributed by atoms with E-state index in [9.17, 15) is 13.2 Å². The summed E-state index contributed by atoms with van der Waals surface area (Å²) in [6, 6.07) is 13.2. The Morgan fingerprint density at radius 3 is 2.81 bits per heavy atom. The molecular weight excluding hydrogens is 436 g/mol. The highest BCUT2D eigenvalue weighted by Gasteiger charge is 2.33. The number of amides is 1. The summed E-state index contributed by atoms with van der Waals surface area (Å²) < 4.78 is 29.1. The Hall–Kier alpha value is -3.18. The van der Waals surface area contributed by atoms with E-state index in [1.807, 2.05) is 35.2 Å². The molecule has 5 rings (SSSR count). The van der Waals surface area contributed by atoms with Crippen molar-refractivity contribution in [2.24, 2.45) is 4.40 Å². The molecule has 0 unspecified atom stereocenters. The van der Waals surface area contributed by atoms with Crippen LogP contribution in [0.4, 0.5) is 5.69 Å². The van der Waals surface area contributed by atoms with Crippen LogP contribution in [-0.2, 0) is 23.1 Å². The lowest BCUT2D eigenvalue weighted by Crippen LogP contribution is -2.35. The predicted molar refractivity (Wildman–Crippen MR) is 118 cm³/mol. The van der Waals surface area contributed by atoms with Crippen LogP contribution < -0.4 is 10.2 Å². The summed E-state index contributed by atoms with van der Waals surface area (Å²) in [6.45, 7) is 1.32. The van der Waals surface area contributed by atoms with Gasteiger partial charge in [0, 0.05) is 23.5 Å². The molecular formula is C20H18N6O3S2. The molecule has 0 atom stereocenters. The summed E-state index contributed by atoms with van der Waals surface area (Å²) in [4.78, 5) is 19.4. The van der Waals surface area contributed by atoms with Crippen molar-refractivity contribution in [1.29, 1.82) is 0 Å². The fourth-order valence-corrected chi connectivity index (χ4v) is 5.82. The minimum atomic E-state index is -3.41. The van der Waals surface area contributed by atoms with E-state index in [1.165, 1.54) is 18.1 Å². The number of hydrogen-bond acceptors (Lipinski definition) is 7. The number of amidine groups is 1. The Kier molecular flexibility index (Phi) is 4.98. The Labute approximate surface area is 183 Å². The molecule has 9 nitrogen and oxygen atoms in total. The van der Waals surface area contributed by atoms with Gasteiger partial charge in [0.05, 0.1) is 18.0 Å². The summed E-state index contributed by atoms with van der Waals surface area (Å²) in [5.74, 6) is -0.203. The molecule has 3 aromatic rings. The molecule has 0 saturated carbocycles. The monoisotopic (exact) mass is 454 g/mol. The third-order valence-electron chi connectivity index (χ3n) is 5.09. The van der Waals surface area contributed by atoms with Crippen molar-refractivity contribution in [3.05, 3.63) is 71.8 Å². The van der Waals surface area contributed by atoms with E-state index in [0.29, 0.717) is 30.4 Å². The minimum absolute atomic E-state index is 0.00720. The van der Waals surface area contributed by atoms with Crippen LogP contribution in [0.25, 0.3) is 0 Å². The Morgan fingerprint density at radius 1 is 1.16 bits per heavy atom. The molecule has 2 aromatic carbocycles. The molecule has 0 bridgehead atoms. The SMILES string of the molecule is O=C(NCc1ccccc1Cn1cncn1)c1ccc2c(c1)SC1=NS(=O)(=O)CCN12. The zero-order valence-electron chi connectivity index (χ0n) is 16.3. The number of benzene rings is 2. The zero-order valence-corrected chi connectivity index (χ0v) is 17.9. The second-order valence-corrected chi connectivity index (χ2v) is 9.90. The van der Waals surface area contributed by atoms with Gasteiger partial charge in [-0.05, 0) is 41.1 Å². The maximum absolute atomic E-state index is 12.8.